The number of hydrogen-bond donors (Lipinski definition) is 2. The molecule has 2 aliphatic carbocycles. The lowest BCUT2D eigenvalue weighted by molar-refractivity contribution is -0.143. The zero-order valence-electron chi connectivity index (χ0n) is 9.11. The molecule has 0 amide bonds. The van der Waals surface area contributed by atoms with Crippen molar-refractivity contribution in [2.75, 3.05) is 6.54 Å². The minimum absolute atomic E-state index is 0.0567. The second-order valence-corrected chi connectivity index (χ2v) is 6.90. The minimum Gasteiger partial charge on any atom is -0.481 e. The minimum atomic E-state index is -3.30. The number of aliphatic carboxylic acids is 1. The molecular weight excluding hydrogens is 230 g/mol. The summed E-state index contributed by atoms with van der Waals surface area (Å²) in [5.41, 5.74) is -0.814. The van der Waals surface area contributed by atoms with Gasteiger partial charge in [0, 0.05) is 6.54 Å². The Balaban J connectivity index is 1.92. The van der Waals surface area contributed by atoms with Crippen molar-refractivity contribution in [1.29, 1.82) is 0 Å². The fourth-order valence-electron chi connectivity index (χ4n) is 2.17. The SMILES string of the molecule is O=C(O)C1(CNS(=O)(=O)C2CCCC2)CC1. The molecule has 2 rings (SSSR count). The fraction of sp³-hybridized carbons (Fsp3) is 0.900. The summed E-state index contributed by atoms with van der Waals surface area (Å²) in [5, 5.41) is 8.62. The summed E-state index contributed by atoms with van der Waals surface area (Å²) in [6.45, 7) is 0.0567. The predicted octanol–water partition coefficient (Wildman–Crippen LogP) is 0.713. The fourth-order valence-corrected chi connectivity index (χ4v) is 3.84. The first-order valence-corrected chi connectivity index (χ1v) is 7.23. The van der Waals surface area contributed by atoms with Crippen LogP contribution in [0.25, 0.3) is 0 Å². The molecule has 2 N–H and O–H groups in total. The summed E-state index contributed by atoms with van der Waals surface area (Å²) < 4.78 is 26.1. The quantitative estimate of drug-likeness (QED) is 0.749. The Bertz CT molecular complexity index is 380. The summed E-state index contributed by atoms with van der Waals surface area (Å²) >= 11 is 0. The standard InChI is InChI=1S/C10H17NO4S/c12-9(13)10(5-6-10)7-11-16(14,15)8-3-1-2-4-8/h8,11H,1-7H2,(H,12,13). The Morgan fingerprint density at radius 1 is 1.31 bits per heavy atom. The molecule has 0 bridgehead atoms. The third-order valence-electron chi connectivity index (χ3n) is 3.66. The van der Waals surface area contributed by atoms with Crippen molar-refractivity contribution in [1.82, 2.24) is 4.72 Å². The van der Waals surface area contributed by atoms with Crippen LogP contribution in [0, 0.1) is 5.41 Å². The number of carboxylic acids is 1. The van der Waals surface area contributed by atoms with Gasteiger partial charge in [0.15, 0.2) is 0 Å². The van der Waals surface area contributed by atoms with Gasteiger partial charge in [-0.3, -0.25) is 4.79 Å². The Hall–Kier alpha value is -0.620. The normalized spacial score (nSPS) is 24.5. The monoisotopic (exact) mass is 247 g/mol. The Morgan fingerprint density at radius 3 is 2.31 bits per heavy atom. The molecule has 0 aromatic rings. The van der Waals surface area contributed by atoms with E-state index in [1.807, 2.05) is 0 Å². The molecule has 5 nitrogen and oxygen atoms in total. The summed E-state index contributed by atoms with van der Waals surface area (Å²) in [7, 11) is -3.30. The number of carboxylic acid groups (broad SMARTS) is 1. The molecular formula is C10H17NO4S. The Kier molecular flexibility index (Phi) is 2.96. The molecule has 0 unspecified atom stereocenters. The molecule has 0 saturated heterocycles. The predicted molar refractivity (Wildman–Crippen MR) is 58.5 cm³/mol. The maximum Gasteiger partial charge on any atom is 0.310 e. The number of sulfonamides is 1. The van der Waals surface area contributed by atoms with Gasteiger partial charge in [-0.05, 0) is 25.7 Å². The van der Waals surface area contributed by atoms with Crippen molar-refractivity contribution in [2.24, 2.45) is 5.41 Å². The second-order valence-electron chi connectivity index (χ2n) is 4.86. The van der Waals surface area contributed by atoms with Crippen LogP contribution in [0.5, 0.6) is 0 Å². The van der Waals surface area contributed by atoms with Crippen molar-refractivity contribution in [3.63, 3.8) is 0 Å². The second kappa shape index (κ2) is 4.00. The highest BCUT2D eigenvalue weighted by Crippen LogP contribution is 2.45. The number of carbonyl (C=O) groups is 1. The average Bonchev–Trinajstić information content (AvgIpc) is 2.80. The van der Waals surface area contributed by atoms with Gasteiger partial charge < -0.3 is 5.11 Å². The highest BCUT2D eigenvalue weighted by atomic mass is 32.2. The summed E-state index contributed by atoms with van der Waals surface area (Å²) in [5.74, 6) is -0.887. The number of hydrogen-bond acceptors (Lipinski definition) is 3. The van der Waals surface area contributed by atoms with Crippen LogP contribution >= 0.6 is 0 Å². The van der Waals surface area contributed by atoms with Crippen molar-refractivity contribution < 1.29 is 18.3 Å². The Morgan fingerprint density at radius 2 is 1.88 bits per heavy atom. The third kappa shape index (κ3) is 2.22. The summed E-state index contributed by atoms with van der Waals surface area (Å²) in [6.07, 6.45) is 4.47. The molecule has 2 aliphatic rings. The third-order valence-corrected chi connectivity index (χ3v) is 5.56. The van der Waals surface area contributed by atoms with Gasteiger partial charge in [-0.15, -0.1) is 0 Å². The summed E-state index contributed by atoms with van der Waals surface area (Å²) in [6, 6.07) is 0. The van der Waals surface area contributed by atoms with E-state index in [4.69, 9.17) is 5.11 Å². The van der Waals surface area contributed by atoms with Crippen LogP contribution in [-0.4, -0.2) is 31.3 Å². The molecule has 0 aliphatic heterocycles. The first-order chi connectivity index (χ1) is 7.46. The van der Waals surface area contributed by atoms with E-state index in [9.17, 15) is 13.2 Å². The molecule has 16 heavy (non-hydrogen) atoms. The molecule has 2 fully saturated rings. The lowest BCUT2D eigenvalue weighted by Gasteiger charge is -2.15. The van der Waals surface area contributed by atoms with E-state index in [2.05, 4.69) is 4.72 Å². The van der Waals surface area contributed by atoms with Crippen LogP contribution < -0.4 is 4.72 Å². The van der Waals surface area contributed by atoms with Crippen LogP contribution in [0.3, 0.4) is 0 Å². The molecule has 0 heterocycles. The first-order valence-electron chi connectivity index (χ1n) is 5.68. The number of nitrogens with one attached hydrogen (secondary N) is 1. The van der Waals surface area contributed by atoms with E-state index in [1.165, 1.54) is 0 Å². The van der Waals surface area contributed by atoms with Crippen molar-refractivity contribution in [3.05, 3.63) is 0 Å². The van der Waals surface area contributed by atoms with E-state index in [0.717, 1.165) is 12.8 Å². The molecule has 0 atom stereocenters. The molecule has 0 spiro atoms. The first kappa shape index (κ1) is 11.9. The van der Waals surface area contributed by atoms with Gasteiger partial charge in [0.25, 0.3) is 0 Å². The molecule has 92 valence electrons. The van der Waals surface area contributed by atoms with Crippen molar-refractivity contribution >= 4 is 16.0 Å². The zero-order valence-corrected chi connectivity index (χ0v) is 9.92. The number of rotatable bonds is 5. The maximum absolute atomic E-state index is 11.8. The van der Waals surface area contributed by atoms with E-state index in [0.29, 0.717) is 25.7 Å². The Labute approximate surface area is 95.3 Å². The van der Waals surface area contributed by atoms with E-state index >= 15 is 0 Å². The average molecular weight is 247 g/mol. The van der Waals surface area contributed by atoms with Crippen molar-refractivity contribution in [3.8, 4) is 0 Å². The van der Waals surface area contributed by atoms with E-state index < -0.39 is 21.4 Å². The van der Waals surface area contributed by atoms with Gasteiger partial charge >= 0.3 is 5.97 Å². The zero-order chi connectivity index (χ0) is 11.8. The van der Waals surface area contributed by atoms with Crippen LogP contribution in [0.4, 0.5) is 0 Å². The van der Waals surface area contributed by atoms with Crippen molar-refractivity contribution in [2.45, 2.75) is 43.8 Å². The molecule has 0 radical (unpaired) electrons. The lowest BCUT2D eigenvalue weighted by Crippen LogP contribution is -2.38. The topological polar surface area (TPSA) is 83.5 Å². The van der Waals surface area contributed by atoms with Gasteiger partial charge in [-0.1, -0.05) is 12.8 Å². The lowest BCUT2D eigenvalue weighted by atomic mass is 10.1. The van der Waals surface area contributed by atoms with E-state index in [-0.39, 0.29) is 11.8 Å². The van der Waals surface area contributed by atoms with Gasteiger partial charge in [0.2, 0.25) is 10.0 Å². The van der Waals surface area contributed by atoms with Gasteiger partial charge in [0.1, 0.15) is 0 Å². The molecule has 0 aromatic heterocycles. The van der Waals surface area contributed by atoms with Gasteiger partial charge in [-0.25, -0.2) is 13.1 Å². The summed E-state index contributed by atoms with van der Waals surface area (Å²) in [4.78, 5) is 10.9. The van der Waals surface area contributed by atoms with Crippen LogP contribution in [0.1, 0.15) is 38.5 Å². The van der Waals surface area contributed by atoms with Gasteiger partial charge in [0.05, 0.1) is 10.7 Å². The maximum atomic E-state index is 11.8. The molecule has 2 saturated carbocycles. The molecule has 6 heteroatoms. The molecule has 0 aromatic carbocycles. The smallest absolute Gasteiger partial charge is 0.310 e. The van der Waals surface area contributed by atoms with Crippen LogP contribution in [0.2, 0.25) is 0 Å². The highest BCUT2D eigenvalue weighted by molar-refractivity contribution is 7.90. The van der Waals surface area contributed by atoms with Gasteiger partial charge in [-0.2, -0.15) is 0 Å². The van der Waals surface area contributed by atoms with Crippen LogP contribution in [0.15, 0.2) is 0 Å². The highest BCUT2D eigenvalue weighted by Gasteiger charge is 2.50. The van der Waals surface area contributed by atoms with Crippen LogP contribution in [-0.2, 0) is 14.8 Å². The largest absolute Gasteiger partial charge is 0.481 e. The van der Waals surface area contributed by atoms with E-state index in [1.54, 1.807) is 0 Å².